The van der Waals surface area contributed by atoms with Crippen LogP contribution in [-0.2, 0) is 38.7 Å². The Bertz CT molecular complexity index is 629. The summed E-state index contributed by atoms with van der Waals surface area (Å²) in [5, 5.41) is 21.7. The van der Waals surface area contributed by atoms with Crippen molar-refractivity contribution in [3.63, 3.8) is 0 Å². The molecule has 15 heteroatoms. The lowest BCUT2D eigenvalue weighted by molar-refractivity contribution is -0.247. The number of ether oxygens (including phenoxy) is 1. The summed E-state index contributed by atoms with van der Waals surface area (Å²) in [6, 6.07) is -1.54. The summed E-state index contributed by atoms with van der Waals surface area (Å²) < 4.78 is 72.8. The fraction of sp³-hybridized carbons (Fsp3) is 0.875. The van der Waals surface area contributed by atoms with Gasteiger partial charge >= 0.3 is 20.8 Å². The average molecular weight is 381 g/mol. The predicted molar refractivity (Wildman–Crippen MR) is 68.4 cm³/mol. The summed E-state index contributed by atoms with van der Waals surface area (Å²) in [5.41, 5.74) is 0. The van der Waals surface area contributed by atoms with Crippen LogP contribution in [0.15, 0.2) is 0 Å². The van der Waals surface area contributed by atoms with Gasteiger partial charge in [-0.05, 0) is 0 Å². The Morgan fingerprint density at radius 3 is 2.17 bits per heavy atom. The molecule has 0 aromatic rings. The van der Waals surface area contributed by atoms with Gasteiger partial charge in [0.15, 0.2) is 6.29 Å². The summed E-state index contributed by atoms with van der Waals surface area (Å²) >= 11 is 0. The molecule has 0 aliphatic carbocycles. The second-order valence-corrected chi connectivity index (χ2v) is 6.62. The summed E-state index contributed by atoms with van der Waals surface area (Å²) in [6.45, 7) is -0.0223. The zero-order valence-corrected chi connectivity index (χ0v) is 13.1. The molecule has 0 bridgehead atoms. The van der Waals surface area contributed by atoms with Crippen LogP contribution in [0.1, 0.15) is 6.92 Å². The summed E-state index contributed by atoms with van der Waals surface area (Å²) in [7, 11) is -10.1. The number of aliphatic hydroxyl groups is 2. The topological polar surface area (TPSA) is 206 Å². The first-order valence-corrected chi connectivity index (χ1v) is 8.59. The average Bonchev–Trinajstić information content (AvgIpc) is 2.33. The lowest BCUT2D eigenvalue weighted by atomic mass is 9.97. The molecule has 1 rings (SSSR count). The van der Waals surface area contributed by atoms with Gasteiger partial charge in [0, 0.05) is 6.92 Å². The van der Waals surface area contributed by atoms with Crippen molar-refractivity contribution in [2.75, 3.05) is 6.61 Å². The van der Waals surface area contributed by atoms with Gasteiger partial charge < -0.3 is 20.3 Å². The Labute approximate surface area is 131 Å². The van der Waals surface area contributed by atoms with Gasteiger partial charge in [0.2, 0.25) is 5.91 Å². The fourth-order valence-electron chi connectivity index (χ4n) is 1.87. The molecule has 4 unspecified atom stereocenters. The number of aliphatic hydroxyl groups excluding tert-OH is 2. The number of carbonyl (C=O) groups is 1. The van der Waals surface area contributed by atoms with E-state index in [1.807, 2.05) is 0 Å². The van der Waals surface area contributed by atoms with Gasteiger partial charge in [-0.25, -0.2) is 8.37 Å². The number of carbonyl (C=O) groups excluding carboxylic acids is 1. The standard InChI is InChI=1S/C8H15NO12S2/c1-3(10)9-5-6(11)7(21-23(16,17)18)4(20-8(5)12)2-19-22(13,14)15/h4-8,11-12H,2H2,1H3,(H,9,10)(H,13,14,15)(H,16,17,18)/t4?,5?,6?,7?,8-/m0/s1. The van der Waals surface area contributed by atoms with Crippen LogP contribution in [0.3, 0.4) is 0 Å². The van der Waals surface area contributed by atoms with Crippen molar-refractivity contribution in [1.29, 1.82) is 0 Å². The second kappa shape index (κ2) is 7.32. The molecular formula is C8H15NO12S2. The van der Waals surface area contributed by atoms with Crippen LogP contribution in [0, 0.1) is 0 Å². The van der Waals surface area contributed by atoms with Crippen molar-refractivity contribution >= 4 is 26.7 Å². The van der Waals surface area contributed by atoms with Gasteiger partial charge in [-0.2, -0.15) is 16.8 Å². The molecule has 0 radical (unpaired) electrons. The number of hydrogen-bond donors (Lipinski definition) is 5. The van der Waals surface area contributed by atoms with Gasteiger partial charge in [0.05, 0.1) is 6.61 Å². The van der Waals surface area contributed by atoms with Crippen LogP contribution in [0.5, 0.6) is 0 Å². The Balaban J connectivity index is 3.01. The zero-order valence-electron chi connectivity index (χ0n) is 11.5. The monoisotopic (exact) mass is 381 g/mol. The Morgan fingerprint density at radius 1 is 1.17 bits per heavy atom. The molecular weight excluding hydrogens is 366 g/mol. The summed E-state index contributed by atoms with van der Waals surface area (Å²) in [4.78, 5) is 11.0. The molecule has 1 heterocycles. The van der Waals surface area contributed by atoms with Crippen molar-refractivity contribution in [2.45, 2.75) is 37.6 Å². The minimum absolute atomic E-state index is 0.713. The predicted octanol–water partition coefficient (Wildman–Crippen LogP) is -3.42. The Hall–Kier alpha value is -0.910. The first kappa shape index (κ1) is 20.1. The van der Waals surface area contributed by atoms with E-state index in [-0.39, 0.29) is 0 Å². The molecule has 5 atom stereocenters. The van der Waals surface area contributed by atoms with E-state index in [2.05, 4.69) is 13.7 Å². The molecule has 0 aromatic carbocycles. The van der Waals surface area contributed by atoms with Gasteiger partial charge in [-0.3, -0.25) is 13.9 Å². The first-order chi connectivity index (χ1) is 10.3. The highest BCUT2D eigenvalue weighted by molar-refractivity contribution is 7.81. The van der Waals surface area contributed by atoms with E-state index >= 15 is 0 Å². The molecule has 1 amide bonds. The Morgan fingerprint density at radius 2 is 1.74 bits per heavy atom. The molecule has 1 saturated heterocycles. The minimum atomic E-state index is -5.11. The van der Waals surface area contributed by atoms with Crippen LogP contribution in [0.2, 0.25) is 0 Å². The lowest BCUT2D eigenvalue weighted by Gasteiger charge is -2.41. The van der Waals surface area contributed by atoms with Crippen LogP contribution in [0.4, 0.5) is 0 Å². The molecule has 0 aromatic heterocycles. The molecule has 1 aliphatic heterocycles. The smallest absolute Gasteiger partial charge is 0.388 e. The molecule has 136 valence electrons. The lowest BCUT2D eigenvalue weighted by Crippen LogP contribution is -2.65. The normalized spacial score (nSPS) is 32.5. The third-order valence-corrected chi connectivity index (χ3v) is 3.58. The van der Waals surface area contributed by atoms with Gasteiger partial charge in [-0.1, -0.05) is 0 Å². The van der Waals surface area contributed by atoms with Crippen LogP contribution < -0.4 is 5.32 Å². The van der Waals surface area contributed by atoms with E-state index in [0.717, 1.165) is 6.92 Å². The minimum Gasteiger partial charge on any atom is -0.388 e. The third-order valence-electron chi connectivity index (χ3n) is 2.68. The summed E-state index contributed by atoms with van der Waals surface area (Å²) in [5.74, 6) is -0.713. The van der Waals surface area contributed by atoms with E-state index in [1.165, 1.54) is 0 Å². The fourth-order valence-corrected chi connectivity index (χ4v) is 2.70. The molecule has 1 fully saturated rings. The van der Waals surface area contributed by atoms with Crippen molar-refractivity contribution < 1.29 is 54.1 Å². The number of hydrogen-bond acceptors (Lipinski definition) is 10. The van der Waals surface area contributed by atoms with E-state index in [4.69, 9.17) is 13.8 Å². The molecule has 13 nitrogen and oxygen atoms in total. The van der Waals surface area contributed by atoms with Crippen molar-refractivity contribution in [3.8, 4) is 0 Å². The maximum Gasteiger partial charge on any atom is 0.397 e. The molecule has 0 saturated carbocycles. The third kappa shape index (κ3) is 6.61. The van der Waals surface area contributed by atoms with Crippen LogP contribution in [0.25, 0.3) is 0 Å². The number of nitrogens with one attached hydrogen (secondary N) is 1. The van der Waals surface area contributed by atoms with Crippen molar-refractivity contribution in [2.24, 2.45) is 0 Å². The van der Waals surface area contributed by atoms with Gasteiger partial charge in [0.25, 0.3) is 0 Å². The van der Waals surface area contributed by atoms with Crippen molar-refractivity contribution in [3.05, 3.63) is 0 Å². The first-order valence-electron chi connectivity index (χ1n) is 5.86. The van der Waals surface area contributed by atoms with Crippen LogP contribution >= 0.6 is 0 Å². The highest BCUT2D eigenvalue weighted by Gasteiger charge is 2.48. The highest BCUT2D eigenvalue weighted by Crippen LogP contribution is 2.24. The van der Waals surface area contributed by atoms with Crippen LogP contribution in [-0.4, -0.2) is 79.3 Å². The maximum atomic E-state index is 11.0. The van der Waals surface area contributed by atoms with Crippen molar-refractivity contribution in [1.82, 2.24) is 5.32 Å². The van der Waals surface area contributed by atoms with Gasteiger partial charge in [-0.15, -0.1) is 0 Å². The van der Waals surface area contributed by atoms with E-state index < -0.39 is 64.0 Å². The van der Waals surface area contributed by atoms with E-state index in [0.29, 0.717) is 0 Å². The summed E-state index contributed by atoms with van der Waals surface area (Å²) in [6.07, 6.45) is -7.49. The number of amides is 1. The van der Waals surface area contributed by atoms with E-state index in [9.17, 15) is 31.8 Å². The SMILES string of the molecule is CC(=O)NC1C(O)C(OS(=O)(=O)O)C(COS(=O)(=O)O)O[C@@H]1O. The quantitative estimate of drug-likeness (QED) is 0.285. The molecule has 0 spiro atoms. The highest BCUT2D eigenvalue weighted by atomic mass is 32.3. The second-order valence-electron chi connectivity index (χ2n) is 4.48. The van der Waals surface area contributed by atoms with E-state index in [1.54, 1.807) is 0 Å². The largest absolute Gasteiger partial charge is 0.397 e. The molecule has 5 N–H and O–H groups in total. The molecule has 23 heavy (non-hydrogen) atoms. The zero-order chi connectivity index (χ0) is 18.0. The maximum absolute atomic E-state index is 11.0. The molecule has 1 aliphatic rings. The Kier molecular flexibility index (Phi) is 6.41. The number of rotatable bonds is 6. The van der Waals surface area contributed by atoms with Gasteiger partial charge in [0.1, 0.15) is 24.4 Å².